The molecule has 2 rings (SSSR count). The van der Waals surface area contributed by atoms with Crippen LogP contribution in [0, 0.1) is 13.8 Å². The van der Waals surface area contributed by atoms with E-state index in [9.17, 15) is 4.79 Å². The molecule has 20 heavy (non-hydrogen) atoms. The van der Waals surface area contributed by atoms with Crippen molar-refractivity contribution in [2.45, 2.75) is 40.3 Å². The number of nitrogens with zero attached hydrogens (tertiary/aromatic N) is 3. The van der Waals surface area contributed by atoms with Crippen LogP contribution in [0.2, 0.25) is 5.02 Å². The van der Waals surface area contributed by atoms with Crippen LogP contribution in [0.15, 0.2) is 15.5 Å². The van der Waals surface area contributed by atoms with E-state index in [1.807, 2.05) is 27.7 Å². The summed E-state index contributed by atoms with van der Waals surface area (Å²) in [4.78, 5) is 12.0. The van der Waals surface area contributed by atoms with Crippen molar-refractivity contribution < 1.29 is 4.52 Å². The van der Waals surface area contributed by atoms with Gasteiger partial charge in [0, 0.05) is 12.1 Å². The maximum atomic E-state index is 12.0. The molecule has 0 saturated carbocycles. The Balaban J connectivity index is 2.23. The molecular weight excluding hydrogens is 280 g/mol. The lowest BCUT2D eigenvalue weighted by atomic mass is 10.2. The first-order valence-corrected chi connectivity index (χ1v) is 6.72. The molecule has 2 heterocycles. The summed E-state index contributed by atoms with van der Waals surface area (Å²) >= 11 is 6.09. The van der Waals surface area contributed by atoms with Gasteiger partial charge in [-0.2, -0.15) is 5.10 Å². The Hall–Kier alpha value is -1.82. The molecule has 0 aliphatic heterocycles. The lowest BCUT2D eigenvalue weighted by molar-refractivity contribution is 0.392. The zero-order valence-electron chi connectivity index (χ0n) is 11.9. The molecule has 108 valence electrons. The van der Waals surface area contributed by atoms with Gasteiger partial charge in [-0.1, -0.05) is 16.8 Å². The molecule has 0 saturated heterocycles. The molecule has 0 aliphatic carbocycles. The SMILES string of the molecule is Cc1noc(C)c1CNc1cnn(C(C)C)c(=O)c1Cl. The number of hydrogen-bond donors (Lipinski definition) is 1. The largest absolute Gasteiger partial charge is 0.378 e. The minimum absolute atomic E-state index is 0.0309. The van der Waals surface area contributed by atoms with Gasteiger partial charge in [0.2, 0.25) is 0 Å². The Morgan fingerprint density at radius 2 is 2.15 bits per heavy atom. The second-order valence-electron chi connectivity index (χ2n) is 4.87. The second kappa shape index (κ2) is 5.66. The van der Waals surface area contributed by atoms with Gasteiger partial charge < -0.3 is 9.84 Å². The van der Waals surface area contributed by atoms with Crippen molar-refractivity contribution in [3.05, 3.63) is 38.6 Å². The number of hydrogen-bond acceptors (Lipinski definition) is 5. The van der Waals surface area contributed by atoms with Gasteiger partial charge in [-0.3, -0.25) is 4.79 Å². The number of aromatic nitrogens is 3. The van der Waals surface area contributed by atoms with Crippen LogP contribution in [0.25, 0.3) is 0 Å². The highest BCUT2D eigenvalue weighted by Gasteiger charge is 2.13. The summed E-state index contributed by atoms with van der Waals surface area (Å²) in [7, 11) is 0. The highest BCUT2D eigenvalue weighted by atomic mass is 35.5. The van der Waals surface area contributed by atoms with Crippen LogP contribution in [-0.2, 0) is 6.54 Å². The average molecular weight is 297 g/mol. The number of halogens is 1. The third-order valence-corrected chi connectivity index (χ3v) is 3.43. The minimum atomic E-state index is -0.301. The molecule has 2 aromatic heterocycles. The highest BCUT2D eigenvalue weighted by molar-refractivity contribution is 6.32. The van der Waals surface area contributed by atoms with Crippen LogP contribution in [0.5, 0.6) is 0 Å². The summed E-state index contributed by atoms with van der Waals surface area (Å²) in [6, 6.07) is -0.0309. The first-order valence-electron chi connectivity index (χ1n) is 6.34. The number of rotatable bonds is 4. The van der Waals surface area contributed by atoms with E-state index in [2.05, 4.69) is 15.6 Å². The third kappa shape index (κ3) is 2.70. The molecule has 2 aromatic rings. The average Bonchev–Trinajstić information content (AvgIpc) is 2.71. The predicted octanol–water partition coefficient (Wildman–Crippen LogP) is 2.69. The Bertz CT molecular complexity index is 656. The van der Waals surface area contributed by atoms with Crippen molar-refractivity contribution in [1.29, 1.82) is 0 Å². The summed E-state index contributed by atoms with van der Waals surface area (Å²) in [5.41, 5.74) is 1.97. The van der Waals surface area contributed by atoms with Crippen LogP contribution in [0.3, 0.4) is 0 Å². The van der Waals surface area contributed by atoms with Crippen molar-refractivity contribution >= 4 is 17.3 Å². The van der Waals surface area contributed by atoms with E-state index in [0.717, 1.165) is 17.0 Å². The molecule has 0 amide bonds. The lowest BCUT2D eigenvalue weighted by Gasteiger charge is -2.12. The van der Waals surface area contributed by atoms with Crippen LogP contribution in [-0.4, -0.2) is 14.9 Å². The smallest absolute Gasteiger partial charge is 0.287 e. The summed E-state index contributed by atoms with van der Waals surface area (Å²) in [6.07, 6.45) is 1.56. The summed E-state index contributed by atoms with van der Waals surface area (Å²) in [6.45, 7) is 7.94. The molecule has 0 aliphatic rings. The molecule has 0 atom stereocenters. The van der Waals surface area contributed by atoms with E-state index >= 15 is 0 Å². The quantitative estimate of drug-likeness (QED) is 0.939. The Morgan fingerprint density at radius 1 is 1.45 bits per heavy atom. The van der Waals surface area contributed by atoms with E-state index in [-0.39, 0.29) is 16.6 Å². The van der Waals surface area contributed by atoms with E-state index in [0.29, 0.717) is 12.2 Å². The standard InChI is InChI=1S/C13H17ClN4O2/c1-7(2)18-13(19)12(14)11(6-16-18)15-5-10-8(3)17-20-9(10)4/h6-7,15H,5H2,1-4H3. The van der Waals surface area contributed by atoms with Gasteiger partial charge >= 0.3 is 0 Å². The Kier molecular flexibility index (Phi) is 4.13. The van der Waals surface area contributed by atoms with Crippen molar-refractivity contribution in [1.82, 2.24) is 14.9 Å². The van der Waals surface area contributed by atoms with Gasteiger partial charge in [0.15, 0.2) is 0 Å². The summed E-state index contributed by atoms with van der Waals surface area (Å²) in [5, 5.41) is 11.2. The highest BCUT2D eigenvalue weighted by Crippen LogP contribution is 2.19. The molecule has 0 radical (unpaired) electrons. The number of anilines is 1. The van der Waals surface area contributed by atoms with Crippen LogP contribution in [0.1, 0.15) is 36.9 Å². The Labute approximate surface area is 121 Å². The zero-order valence-corrected chi connectivity index (χ0v) is 12.7. The number of nitrogens with one attached hydrogen (secondary N) is 1. The third-order valence-electron chi connectivity index (χ3n) is 3.07. The minimum Gasteiger partial charge on any atom is -0.378 e. The van der Waals surface area contributed by atoms with Gasteiger partial charge in [-0.05, 0) is 27.7 Å². The fraction of sp³-hybridized carbons (Fsp3) is 0.462. The van der Waals surface area contributed by atoms with Crippen LogP contribution >= 0.6 is 11.6 Å². The van der Waals surface area contributed by atoms with Crippen LogP contribution < -0.4 is 10.9 Å². The topological polar surface area (TPSA) is 73.0 Å². The van der Waals surface area contributed by atoms with Crippen molar-refractivity contribution in [2.24, 2.45) is 0 Å². The fourth-order valence-electron chi connectivity index (χ4n) is 1.87. The zero-order chi connectivity index (χ0) is 14.9. The molecule has 0 unspecified atom stereocenters. The first-order chi connectivity index (χ1) is 9.41. The number of aryl methyl sites for hydroxylation is 2. The van der Waals surface area contributed by atoms with Crippen molar-refractivity contribution in [3.63, 3.8) is 0 Å². The van der Waals surface area contributed by atoms with E-state index in [1.54, 1.807) is 6.20 Å². The Morgan fingerprint density at radius 3 is 2.70 bits per heavy atom. The normalized spacial score (nSPS) is 11.1. The summed E-state index contributed by atoms with van der Waals surface area (Å²) < 4.78 is 6.43. The van der Waals surface area contributed by atoms with E-state index < -0.39 is 0 Å². The van der Waals surface area contributed by atoms with E-state index in [4.69, 9.17) is 16.1 Å². The summed E-state index contributed by atoms with van der Waals surface area (Å²) in [5.74, 6) is 0.745. The molecule has 7 heteroatoms. The maximum Gasteiger partial charge on any atom is 0.287 e. The molecule has 0 spiro atoms. The van der Waals surface area contributed by atoms with Gasteiger partial charge in [0.05, 0.1) is 23.6 Å². The van der Waals surface area contributed by atoms with Gasteiger partial charge in [-0.25, -0.2) is 4.68 Å². The second-order valence-corrected chi connectivity index (χ2v) is 5.25. The predicted molar refractivity (Wildman–Crippen MR) is 77.2 cm³/mol. The molecule has 0 fully saturated rings. The van der Waals surface area contributed by atoms with Gasteiger partial charge in [0.25, 0.3) is 5.56 Å². The molecule has 0 bridgehead atoms. The van der Waals surface area contributed by atoms with Crippen molar-refractivity contribution in [2.75, 3.05) is 5.32 Å². The van der Waals surface area contributed by atoms with Crippen LogP contribution in [0.4, 0.5) is 5.69 Å². The molecule has 0 aromatic carbocycles. The maximum absolute atomic E-state index is 12.0. The molecule has 1 N–H and O–H groups in total. The first kappa shape index (κ1) is 14.6. The molecular formula is C13H17ClN4O2. The van der Waals surface area contributed by atoms with E-state index in [1.165, 1.54) is 4.68 Å². The lowest BCUT2D eigenvalue weighted by Crippen LogP contribution is -2.25. The van der Waals surface area contributed by atoms with Gasteiger partial charge in [0.1, 0.15) is 10.8 Å². The monoisotopic (exact) mass is 296 g/mol. The fourth-order valence-corrected chi connectivity index (χ4v) is 2.08. The molecule has 6 nitrogen and oxygen atoms in total. The van der Waals surface area contributed by atoms with Crippen molar-refractivity contribution in [3.8, 4) is 0 Å². The van der Waals surface area contributed by atoms with Gasteiger partial charge in [-0.15, -0.1) is 0 Å².